The van der Waals surface area contributed by atoms with Crippen LogP contribution in [0.2, 0.25) is 5.02 Å². The zero-order chi connectivity index (χ0) is 18.0. The maximum absolute atomic E-state index is 12.9. The van der Waals surface area contributed by atoms with Crippen LogP contribution in [0.1, 0.15) is 15.9 Å². The Labute approximate surface area is 151 Å². The monoisotopic (exact) mass is 377 g/mol. The van der Waals surface area contributed by atoms with Gasteiger partial charge in [0.25, 0.3) is 0 Å². The topological polar surface area (TPSA) is 63.7 Å². The number of carbonyl (C=O) groups is 1. The van der Waals surface area contributed by atoms with E-state index >= 15 is 0 Å². The Bertz CT molecular complexity index is 939. The van der Waals surface area contributed by atoms with Crippen molar-refractivity contribution < 1.29 is 17.9 Å². The molecule has 2 aromatic rings. The molecule has 7 heteroatoms. The highest BCUT2D eigenvalue weighted by Crippen LogP contribution is 2.30. The first-order chi connectivity index (χ1) is 11.9. The molecular formula is C18H16ClNO4S. The molecule has 0 atom stereocenters. The van der Waals surface area contributed by atoms with Gasteiger partial charge in [-0.3, -0.25) is 0 Å². The second kappa shape index (κ2) is 7.00. The van der Waals surface area contributed by atoms with Crippen molar-refractivity contribution in [2.45, 2.75) is 4.90 Å². The van der Waals surface area contributed by atoms with Crippen LogP contribution >= 0.6 is 11.6 Å². The first-order valence-electron chi connectivity index (χ1n) is 7.56. The molecule has 25 heavy (non-hydrogen) atoms. The summed E-state index contributed by atoms with van der Waals surface area (Å²) in [7, 11) is -2.51. The summed E-state index contributed by atoms with van der Waals surface area (Å²) in [6, 6.07) is 13.7. The normalized spacial score (nSPS) is 15.0. The molecule has 0 N–H and O–H groups in total. The molecule has 0 fully saturated rings. The van der Waals surface area contributed by atoms with Crippen LogP contribution in [0.3, 0.4) is 0 Å². The maximum Gasteiger partial charge on any atom is 0.337 e. The van der Waals surface area contributed by atoms with E-state index in [1.807, 2.05) is 36.4 Å². The largest absolute Gasteiger partial charge is 0.465 e. The van der Waals surface area contributed by atoms with E-state index in [4.69, 9.17) is 11.6 Å². The van der Waals surface area contributed by atoms with Crippen molar-refractivity contribution in [3.63, 3.8) is 0 Å². The van der Waals surface area contributed by atoms with Gasteiger partial charge in [0.1, 0.15) is 4.90 Å². The third-order valence-electron chi connectivity index (χ3n) is 4.00. The van der Waals surface area contributed by atoms with E-state index in [-0.39, 0.29) is 28.6 Å². The van der Waals surface area contributed by atoms with Gasteiger partial charge in [0.15, 0.2) is 0 Å². The number of rotatable bonds is 4. The predicted octanol–water partition coefficient (Wildman–Crippen LogP) is 3.21. The Balaban J connectivity index is 1.85. The average molecular weight is 378 g/mol. The Kier molecular flexibility index (Phi) is 4.94. The highest BCUT2D eigenvalue weighted by atomic mass is 35.5. The Hall–Kier alpha value is -2.15. The molecule has 0 saturated carbocycles. The third-order valence-corrected chi connectivity index (χ3v) is 6.30. The first-order valence-corrected chi connectivity index (χ1v) is 9.38. The number of carbonyl (C=O) groups excluding carboxylic acids is 1. The number of halogens is 1. The molecule has 0 aliphatic carbocycles. The van der Waals surface area contributed by atoms with Crippen molar-refractivity contribution in [3.8, 4) is 0 Å². The summed E-state index contributed by atoms with van der Waals surface area (Å²) in [4.78, 5) is 11.5. The quantitative estimate of drug-likeness (QED) is 0.767. The van der Waals surface area contributed by atoms with Crippen LogP contribution in [0, 0.1) is 0 Å². The van der Waals surface area contributed by atoms with Gasteiger partial charge < -0.3 is 4.74 Å². The summed E-state index contributed by atoms with van der Waals surface area (Å²) in [6.45, 7) is 0.559. The van der Waals surface area contributed by atoms with Crippen LogP contribution in [0.25, 0.3) is 5.57 Å². The van der Waals surface area contributed by atoms with Crippen LogP contribution in [0.5, 0.6) is 0 Å². The highest BCUT2D eigenvalue weighted by Gasteiger charge is 2.30. The number of nitrogens with zero attached hydrogens (tertiary/aromatic N) is 1. The van der Waals surface area contributed by atoms with Gasteiger partial charge in [-0.15, -0.1) is 0 Å². The fourth-order valence-corrected chi connectivity index (χ4v) is 4.55. The van der Waals surface area contributed by atoms with Crippen molar-refractivity contribution in [3.05, 3.63) is 70.8 Å². The van der Waals surface area contributed by atoms with E-state index in [0.717, 1.165) is 11.1 Å². The Morgan fingerprint density at radius 3 is 2.52 bits per heavy atom. The van der Waals surface area contributed by atoms with Crippen molar-refractivity contribution in [1.82, 2.24) is 4.31 Å². The van der Waals surface area contributed by atoms with Crippen molar-refractivity contribution in [1.29, 1.82) is 0 Å². The highest BCUT2D eigenvalue weighted by molar-refractivity contribution is 7.89. The van der Waals surface area contributed by atoms with Crippen LogP contribution in [-0.4, -0.2) is 38.9 Å². The van der Waals surface area contributed by atoms with E-state index in [9.17, 15) is 13.2 Å². The van der Waals surface area contributed by atoms with E-state index in [1.54, 1.807) is 0 Å². The SMILES string of the molecule is COC(=O)c1ccc(S(=O)(=O)N2CC=C(c3ccccc3)C2)c(Cl)c1. The summed E-state index contributed by atoms with van der Waals surface area (Å²) in [5.74, 6) is -0.569. The molecule has 1 heterocycles. The minimum atomic E-state index is -3.76. The van der Waals surface area contributed by atoms with Crippen LogP contribution in [-0.2, 0) is 14.8 Å². The minimum absolute atomic E-state index is 0.00365. The summed E-state index contributed by atoms with van der Waals surface area (Å²) < 4.78 is 31.7. The fraction of sp³-hybridized carbons (Fsp3) is 0.167. The summed E-state index contributed by atoms with van der Waals surface area (Å²) in [5, 5.41) is -0.00365. The van der Waals surface area contributed by atoms with E-state index in [0.29, 0.717) is 0 Å². The minimum Gasteiger partial charge on any atom is -0.465 e. The van der Waals surface area contributed by atoms with Gasteiger partial charge in [-0.25, -0.2) is 13.2 Å². The molecule has 5 nitrogen and oxygen atoms in total. The van der Waals surface area contributed by atoms with E-state index < -0.39 is 16.0 Å². The standard InChI is InChI=1S/C18H16ClNO4S/c1-24-18(21)14-7-8-17(16(19)11-14)25(22,23)20-10-9-15(12-20)13-5-3-2-4-6-13/h2-9,11H,10,12H2,1H3. The zero-order valence-electron chi connectivity index (χ0n) is 13.5. The van der Waals surface area contributed by atoms with Gasteiger partial charge in [-0.2, -0.15) is 4.31 Å². The predicted molar refractivity (Wildman–Crippen MR) is 96.0 cm³/mol. The maximum atomic E-state index is 12.9. The van der Waals surface area contributed by atoms with Gasteiger partial charge in [-0.1, -0.05) is 48.0 Å². The lowest BCUT2D eigenvalue weighted by atomic mass is 10.1. The Morgan fingerprint density at radius 1 is 1.16 bits per heavy atom. The molecule has 1 aliphatic heterocycles. The number of ether oxygens (including phenoxy) is 1. The molecule has 0 saturated heterocycles. The van der Waals surface area contributed by atoms with E-state index in [1.165, 1.54) is 29.6 Å². The smallest absolute Gasteiger partial charge is 0.337 e. The molecule has 0 bridgehead atoms. The molecule has 0 radical (unpaired) electrons. The molecule has 3 rings (SSSR count). The number of methoxy groups -OCH3 is 1. The van der Waals surface area contributed by atoms with Gasteiger partial charge in [0, 0.05) is 13.1 Å². The summed E-state index contributed by atoms with van der Waals surface area (Å²) in [6.07, 6.45) is 1.89. The first kappa shape index (κ1) is 17.7. The van der Waals surface area contributed by atoms with Gasteiger partial charge in [0.05, 0.1) is 17.7 Å². The molecule has 0 amide bonds. The van der Waals surface area contributed by atoms with Gasteiger partial charge in [0.2, 0.25) is 10.0 Å². The summed E-state index contributed by atoms with van der Waals surface area (Å²) >= 11 is 6.12. The zero-order valence-corrected chi connectivity index (χ0v) is 15.0. The number of benzene rings is 2. The molecule has 1 aliphatic rings. The lowest BCUT2D eigenvalue weighted by Gasteiger charge is -2.18. The van der Waals surface area contributed by atoms with Gasteiger partial charge >= 0.3 is 5.97 Å². The van der Waals surface area contributed by atoms with Crippen molar-refractivity contribution >= 4 is 33.2 Å². The Morgan fingerprint density at radius 2 is 1.88 bits per heavy atom. The van der Waals surface area contributed by atoms with Crippen LogP contribution in [0.4, 0.5) is 0 Å². The lowest BCUT2D eigenvalue weighted by Crippen LogP contribution is -2.29. The van der Waals surface area contributed by atoms with Crippen LogP contribution < -0.4 is 0 Å². The third kappa shape index (κ3) is 3.46. The van der Waals surface area contributed by atoms with Crippen molar-refractivity contribution in [2.75, 3.05) is 20.2 Å². The average Bonchev–Trinajstić information content (AvgIpc) is 3.12. The number of esters is 1. The molecule has 2 aromatic carbocycles. The lowest BCUT2D eigenvalue weighted by molar-refractivity contribution is 0.0600. The number of hydrogen-bond acceptors (Lipinski definition) is 4. The second-order valence-electron chi connectivity index (χ2n) is 5.53. The molecule has 130 valence electrons. The van der Waals surface area contributed by atoms with Gasteiger partial charge in [-0.05, 0) is 29.3 Å². The molecule has 0 aromatic heterocycles. The second-order valence-corrected chi connectivity index (χ2v) is 7.84. The van der Waals surface area contributed by atoms with E-state index in [2.05, 4.69) is 4.74 Å². The molecule has 0 spiro atoms. The number of sulfonamides is 1. The van der Waals surface area contributed by atoms with Crippen molar-refractivity contribution in [2.24, 2.45) is 0 Å². The summed E-state index contributed by atoms with van der Waals surface area (Å²) in [5.41, 5.74) is 2.15. The molecule has 0 unspecified atom stereocenters. The molecular weight excluding hydrogens is 362 g/mol. The number of hydrogen-bond donors (Lipinski definition) is 0. The fourth-order valence-electron chi connectivity index (χ4n) is 2.67. The van der Waals surface area contributed by atoms with Crippen LogP contribution in [0.15, 0.2) is 59.5 Å².